The van der Waals surface area contributed by atoms with Crippen LogP contribution in [0.5, 0.6) is 0 Å². The first-order chi connectivity index (χ1) is 8.09. The fraction of sp³-hybridized carbons (Fsp3) is 0.0833. The van der Waals surface area contributed by atoms with Gasteiger partial charge in [0.1, 0.15) is 17.7 Å². The van der Waals surface area contributed by atoms with Gasteiger partial charge in [-0.15, -0.1) is 0 Å². The molecule has 0 bridgehead atoms. The van der Waals surface area contributed by atoms with Crippen molar-refractivity contribution >= 4 is 11.6 Å². The standard InChI is InChI=1S/C12H8ClF2NO/c13-10-3-1-2-9(11(10)15)12(17)7-4-8(14)6-16-5-7/h1-6,12,17H. The number of rotatable bonds is 2. The summed E-state index contributed by atoms with van der Waals surface area (Å²) in [6, 6.07) is 5.36. The molecule has 1 atom stereocenters. The molecule has 88 valence electrons. The van der Waals surface area contributed by atoms with Crippen LogP contribution < -0.4 is 0 Å². The average molecular weight is 256 g/mol. The fourth-order valence-electron chi connectivity index (χ4n) is 1.49. The van der Waals surface area contributed by atoms with Crippen molar-refractivity contribution in [3.63, 3.8) is 0 Å². The highest BCUT2D eigenvalue weighted by molar-refractivity contribution is 6.30. The molecule has 0 aliphatic rings. The summed E-state index contributed by atoms with van der Waals surface area (Å²) in [6.07, 6.45) is 0.982. The van der Waals surface area contributed by atoms with Crippen molar-refractivity contribution in [2.45, 2.75) is 6.10 Å². The number of aromatic nitrogens is 1. The Labute approximate surface area is 102 Å². The molecule has 0 aliphatic heterocycles. The van der Waals surface area contributed by atoms with Crippen molar-refractivity contribution in [2.24, 2.45) is 0 Å². The second kappa shape index (κ2) is 4.77. The lowest BCUT2D eigenvalue weighted by molar-refractivity contribution is 0.214. The Bertz CT molecular complexity index is 548. The predicted octanol–water partition coefficient (Wildman–Crippen LogP) is 3.09. The average Bonchev–Trinajstić information content (AvgIpc) is 2.32. The zero-order valence-electron chi connectivity index (χ0n) is 8.57. The van der Waals surface area contributed by atoms with Crippen LogP contribution in [0.4, 0.5) is 8.78 Å². The van der Waals surface area contributed by atoms with Gasteiger partial charge in [-0.3, -0.25) is 4.98 Å². The van der Waals surface area contributed by atoms with E-state index in [-0.39, 0.29) is 16.1 Å². The van der Waals surface area contributed by atoms with E-state index in [0.29, 0.717) is 0 Å². The third kappa shape index (κ3) is 2.43. The summed E-state index contributed by atoms with van der Waals surface area (Å²) in [5.74, 6) is -1.31. The molecular weight excluding hydrogens is 248 g/mol. The molecule has 0 saturated carbocycles. The van der Waals surface area contributed by atoms with E-state index < -0.39 is 17.7 Å². The van der Waals surface area contributed by atoms with E-state index in [4.69, 9.17) is 11.6 Å². The highest BCUT2D eigenvalue weighted by atomic mass is 35.5. The Hall–Kier alpha value is -1.52. The largest absolute Gasteiger partial charge is 0.383 e. The first-order valence-electron chi connectivity index (χ1n) is 4.82. The minimum Gasteiger partial charge on any atom is -0.383 e. The Morgan fingerprint density at radius 2 is 2.00 bits per heavy atom. The van der Waals surface area contributed by atoms with E-state index in [0.717, 1.165) is 12.3 Å². The summed E-state index contributed by atoms with van der Waals surface area (Å²) < 4.78 is 26.6. The monoisotopic (exact) mass is 255 g/mol. The number of nitrogens with zero attached hydrogens (tertiary/aromatic N) is 1. The number of aliphatic hydroxyl groups is 1. The minimum atomic E-state index is -1.29. The van der Waals surface area contributed by atoms with Gasteiger partial charge in [0, 0.05) is 17.3 Å². The van der Waals surface area contributed by atoms with Gasteiger partial charge in [-0.1, -0.05) is 23.7 Å². The van der Waals surface area contributed by atoms with Crippen LogP contribution in [0, 0.1) is 11.6 Å². The lowest BCUT2D eigenvalue weighted by atomic mass is 10.0. The quantitative estimate of drug-likeness (QED) is 0.895. The lowest BCUT2D eigenvalue weighted by Gasteiger charge is -2.12. The maximum absolute atomic E-state index is 13.6. The number of halogens is 3. The van der Waals surface area contributed by atoms with Crippen LogP contribution in [0.2, 0.25) is 5.02 Å². The Kier molecular flexibility index (Phi) is 3.36. The molecule has 2 rings (SSSR count). The summed E-state index contributed by atoms with van der Waals surface area (Å²) >= 11 is 5.60. The summed E-state index contributed by atoms with van der Waals surface area (Å²) in [4.78, 5) is 3.59. The van der Waals surface area contributed by atoms with Crippen molar-refractivity contribution in [1.29, 1.82) is 0 Å². The van der Waals surface area contributed by atoms with E-state index in [1.807, 2.05) is 0 Å². The van der Waals surface area contributed by atoms with Crippen LogP contribution in [0.3, 0.4) is 0 Å². The highest BCUT2D eigenvalue weighted by Gasteiger charge is 2.17. The molecule has 0 aliphatic carbocycles. The molecule has 1 N–H and O–H groups in total. The molecule has 1 aromatic heterocycles. The van der Waals surface area contributed by atoms with Crippen molar-refractivity contribution in [1.82, 2.24) is 4.98 Å². The van der Waals surface area contributed by atoms with E-state index >= 15 is 0 Å². The molecule has 1 aromatic carbocycles. The van der Waals surface area contributed by atoms with Crippen molar-refractivity contribution in [2.75, 3.05) is 0 Å². The smallest absolute Gasteiger partial charge is 0.147 e. The first kappa shape index (κ1) is 12.0. The van der Waals surface area contributed by atoms with E-state index in [1.165, 1.54) is 24.4 Å². The van der Waals surface area contributed by atoms with Gasteiger partial charge >= 0.3 is 0 Å². The van der Waals surface area contributed by atoms with Gasteiger partial charge in [0.15, 0.2) is 0 Å². The SMILES string of the molecule is OC(c1cncc(F)c1)c1cccc(Cl)c1F. The van der Waals surface area contributed by atoms with E-state index in [2.05, 4.69) is 4.98 Å². The Morgan fingerprint density at radius 3 is 2.71 bits per heavy atom. The van der Waals surface area contributed by atoms with Gasteiger partial charge in [0.05, 0.1) is 11.2 Å². The molecule has 0 radical (unpaired) electrons. The maximum Gasteiger partial charge on any atom is 0.147 e. The predicted molar refractivity (Wildman–Crippen MR) is 59.7 cm³/mol. The van der Waals surface area contributed by atoms with E-state index in [9.17, 15) is 13.9 Å². The molecule has 5 heteroatoms. The van der Waals surface area contributed by atoms with Crippen LogP contribution in [0.15, 0.2) is 36.7 Å². The van der Waals surface area contributed by atoms with Gasteiger partial charge in [-0.05, 0) is 12.1 Å². The zero-order chi connectivity index (χ0) is 12.4. The van der Waals surface area contributed by atoms with Crippen LogP contribution in [-0.2, 0) is 0 Å². The van der Waals surface area contributed by atoms with Crippen LogP contribution in [-0.4, -0.2) is 10.1 Å². The molecule has 0 fully saturated rings. The van der Waals surface area contributed by atoms with E-state index in [1.54, 1.807) is 0 Å². The topological polar surface area (TPSA) is 33.1 Å². The number of pyridine rings is 1. The van der Waals surface area contributed by atoms with Crippen LogP contribution in [0.1, 0.15) is 17.2 Å². The fourth-order valence-corrected chi connectivity index (χ4v) is 1.67. The van der Waals surface area contributed by atoms with Crippen molar-refractivity contribution in [3.05, 3.63) is 64.4 Å². The third-order valence-electron chi connectivity index (χ3n) is 2.32. The summed E-state index contributed by atoms with van der Waals surface area (Å²) in [6.45, 7) is 0. The van der Waals surface area contributed by atoms with Crippen LogP contribution in [0.25, 0.3) is 0 Å². The van der Waals surface area contributed by atoms with Gasteiger partial charge in [0.2, 0.25) is 0 Å². The Morgan fingerprint density at radius 1 is 1.24 bits per heavy atom. The third-order valence-corrected chi connectivity index (χ3v) is 2.61. The van der Waals surface area contributed by atoms with Crippen molar-refractivity contribution < 1.29 is 13.9 Å². The summed E-state index contributed by atoms with van der Waals surface area (Å²) in [5, 5.41) is 9.82. The molecule has 0 amide bonds. The highest BCUT2D eigenvalue weighted by Crippen LogP contribution is 2.27. The normalized spacial score (nSPS) is 12.5. The van der Waals surface area contributed by atoms with Gasteiger partial charge in [0.25, 0.3) is 0 Å². The number of benzene rings is 1. The molecule has 0 saturated heterocycles. The van der Waals surface area contributed by atoms with Gasteiger partial charge in [-0.25, -0.2) is 8.78 Å². The molecule has 1 unspecified atom stereocenters. The van der Waals surface area contributed by atoms with Crippen LogP contribution >= 0.6 is 11.6 Å². The molecule has 1 heterocycles. The second-order valence-electron chi connectivity index (χ2n) is 3.48. The summed E-state index contributed by atoms with van der Waals surface area (Å²) in [5.41, 5.74) is 0.163. The molecule has 17 heavy (non-hydrogen) atoms. The molecule has 2 nitrogen and oxygen atoms in total. The number of aliphatic hydroxyl groups excluding tert-OH is 1. The maximum atomic E-state index is 13.6. The van der Waals surface area contributed by atoms with Gasteiger partial charge < -0.3 is 5.11 Å². The second-order valence-corrected chi connectivity index (χ2v) is 3.89. The van der Waals surface area contributed by atoms with Crippen molar-refractivity contribution in [3.8, 4) is 0 Å². The summed E-state index contributed by atoms with van der Waals surface area (Å²) in [7, 11) is 0. The zero-order valence-corrected chi connectivity index (χ0v) is 9.33. The molecule has 2 aromatic rings. The minimum absolute atomic E-state index is 0.00935. The Balaban J connectivity index is 2.44. The number of hydrogen-bond acceptors (Lipinski definition) is 2. The molecular formula is C12H8ClF2NO. The van der Waals surface area contributed by atoms with Gasteiger partial charge in [-0.2, -0.15) is 0 Å². The lowest BCUT2D eigenvalue weighted by Crippen LogP contribution is -2.03. The number of hydrogen-bond donors (Lipinski definition) is 1. The molecule has 0 spiro atoms. The first-order valence-corrected chi connectivity index (χ1v) is 5.20.